The number of fused-ring (bicyclic) bond motifs is 1. The van der Waals surface area contributed by atoms with Gasteiger partial charge in [-0.25, -0.2) is 0 Å². The van der Waals surface area contributed by atoms with E-state index in [-0.39, 0.29) is 24.3 Å². The second-order valence-electron chi connectivity index (χ2n) is 5.45. The number of rotatable bonds is 5. The molecule has 22 heavy (non-hydrogen) atoms. The van der Waals surface area contributed by atoms with E-state index in [0.29, 0.717) is 16.9 Å². The van der Waals surface area contributed by atoms with Gasteiger partial charge in [0.05, 0.1) is 7.11 Å². The second-order valence-corrected chi connectivity index (χ2v) is 5.45. The van der Waals surface area contributed by atoms with Crippen molar-refractivity contribution >= 4 is 22.8 Å². The third-order valence-corrected chi connectivity index (χ3v) is 3.90. The molecule has 2 aromatic rings. The largest absolute Gasteiger partial charge is 0.493 e. The number of para-hydroxylation sites is 1. The summed E-state index contributed by atoms with van der Waals surface area (Å²) in [7, 11) is 1.54. The quantitative estimate of drug-likeness (QED) is 0.917. The van der Waals surface area contributed by atoms with Crippen LogP contribution in [0.25, 0.3) is 11.0 Å². The highest BCUT2D eigenvalue weighted by molar-refractivity contribution is 6.01. The van der Waals surface area contributed by atoms with Crippen molar-refractivity contribution in [3.63, 3.8) is 0 Å². The highest BCUT2D eigenvalue weighted by atomic mass is 16.5. The van der Waals surface area contributed by atoms with Crippen LogP contribution < -0.4 is 4.74 Å². The Kier molecular flexibility index (Phi) is 3.52. The van der Waals surface area contributed by atoms with Crippen molar-refractivity contribution in [3.8, 4) is 5.75 Å². The van der Waals surface area contributed by atoms with Gasteiger partial charge in [-0.05, 0) is 25.8 Å². The molecule has 1 fully saturated rings. The molecule has 0 spiro atoms. The van der Waals surface area contributed by atoms with Crippen molar-refractivity contribution in [1.29, 1.82) is 0 Å². The zero-order valence-electron chi connectivity index (χ0n) is 12.5. The fraction of sp³-hybridized carbons (Fsp3) is 0.375. The predicted molar refractivity (Wildman–Crippen MR) is 79.2 cm³/mol. The van der Waals surface area contributed by atoms with Crippen LogP contribution >= 0.6 is 0 Å². The molecule has 0 unspecified atom stereocenters. The Hall–Kier alpha value is -2.50. The smallest absolute Gasteiger partial charge is 0.323 e. The van der Waals surface area contributed by atoms with Gasteiger partial charge in [-0.1, -0.05) is 12.1 Å². The van der Waals surface area contributed by atoms with Crippen LogP contribution in [-0.4, -0.2) is 41.6 Å². The van der Waals surface area contributed by atoms with Crippen LogP contribution in [0, 0.1) is 6.92 Å². The minimum absolute atomic E-state index is 0.00175. The van der Waals surface area contributed by atoms with Crippen LogP contribution in [0.2, 0.25) is 0 Å². The number of hydrogen-bond acceptors (Lipinski definition) is 4. The number of carboxylic acid groups (broad SMARTS) is 1. The summed E-state index contributed by atoms with van der Waals surface area (Å²) in [6.07, 6.45) is 1.67. The molecule has 1 aliphatic rings. The van der Waals surface area contributed by atoms with Gasteiger partial charge >= 0.3 is 5.97 Å². The maximum atomic E-state index is 12.7. The standard InChI is InChI=1S/C16H17NO5/c1-9-11-4-3-5-12(21-2)15(11)22-14(9)16(20)17(8-13(18)19)10-6-7-10/h3-5,10H,6-8H2,1-2H3,(H,18,19). The van der Waals surface area contributed by atoms with Gasteiger partial charge in [-0.2, -0.15) is 0 Å². The lowest BCUT2D eigenvalue weighted by Gasteiger charge is -2.19. The van der Waals surface area contributed by atoms with Crippen molar-refractivity contribution < 1.29 is 23.8 Å². The average Bonchev–Trinajstić information content (AvgIpc) is 3.28. The number of aryl methyl sites for hydroxylation is 1. The number of ether oxygens (including phenoxy) is 1. The first-order chi connectivity index (χ1) is 10.5. The second kappa shape index (κ2) is 5.36. The number of benzene rings is 1. The van der Waals surface area contributed by atoms with Crippen molar-refractivity contribution in [3.05, 3.63) is 29.5 Å². The number of aliphatic carboxylic acids is 1. The first-order valence-electron chi connectivity index (χ1n) is 7.11. The molecule has 1 heterocycles. The van der Waals surface area contributed by atoms with Crippen LogP contribution in [0.4, 0.5) is 0 Å². The summed E-state index contributed by atoms with van der Waals surface area (Å²) in [5.41, 5.74) is 1.21. The fourth-order valence-electron chi connectivity index (χ4n) is 2.61. The molecule has 1 aromatic heterocycles. The average molecular weight is 303 g/mol. The molecule has 1 aliphatic carbocycles. The van der Waals surface area contributed by atoms with E-state index in [4.69, 9.17) is 14.3 Å². The number of furan rings is 1. The molecule has 0 atom stereocenters. The zero-order chi connectivity index (χ0) is 15.9. The van der Waals surface area contributed by atoms with E-state index >= 15 is 0 Å². The van der Waals surface area contributed by atoms with E-state index in [9.17, 15) is 9.59 Å². The Morgan fingerprint density at radius 2 is 2.14 bits per heavy atom. The zero-order valence-corrected chi connectivity index (χ0v) is 12.5. The summed E-state index contributed by atoms with van der Waals surface area (Å²) < 4.78 is 11.0. The molecule has 0 bridgehead atoms. The van der Waals surface area contributed by atoms with Crippen molar-refractivity contribution in [1.82, 2.24) is 4.90 Å². The third kappa shape index (κ3) is 2.41. The summed E-state index contributed by atoms with van der Waals surface area (Å²) in [5, 5.41) is 9.80. The van der Waals surface area contributed by atoms with E-state index in [2.05, 4.69) is 0 Å². The van der Waals surface area contributed by atoms with Gasteiger partial charge in [0.1, 0.15) is 6.54 Å². The summed E-state index contributed by atoms with van der Waals surface area (Å²) in [4.78, 5) is 25.0. The Balaban J connectivity index is 2.03. The fourth-order valence-corrected chi connectivity index (χ4v) is 2.61. The molecule has 6 heteroatoms. The van der Waals surface area contributed by atoms with Crippen LogP contribution in [0.1, 0.15) is 29.0 Å². The SMILES string of the molecule is COc1cccc2c(C)c(C(=O)N(CC(=O)O)C3CC3)oc12. The molecule has 1 aromatic carbocycles. The molecule has 0 aliphatic heterocycles. The normalized spacial score (nSPS) is 14.1. The predicted octanol–water partition coefficient (Wildman–Crippen LogP) is 2.44. The van der Waals surface area contributed by atoms with Crippen molar-refractivity contribution in [2.75, 3.05) is 13.7 Å². The maximum absolute atomic E-state index is 12.7. The third-order valence-electron chi connectivity index (χ3n) is 3.90. The van der Waals surface area contributed by atoms with E-state index in [0.717, 1.165) is 18.2 Å². The Labute approximate surface area is 127 Å². The molecule has 3 rings (SSSR count). The highest BCUT2D eigenvalue weighted by Gasteiger charge is 2.36. The Morgan fingerprint density at radius 3 is 2.73 bits per heavy atom. The summed E-state index contributed by atoms with van der Waals surface area (Å²) in [6.45, 7) is 1.49. The van der Waals surface area contributed by atoms with Crippen molar-refractivity contribution in [2.45, 2.75) is 25.8 Å². The van der Waals surface area contributed by atoms with Crippen molar-refractivity contribution in [2.24, 2.45) is 0 Å². The molecular weight excluding hydrogens is 286 g/mol. The first kappa shape index (κ1) is 14.4. The summed E-state index contributed by atoms with van der Waals surface area (Å²) in [6, 6.07) is 5.44. The number of carbonyl (C=O) groups is 2. The minimum Gasteiger partial charge on any atom is -0.493 e. The molecule has 1 N–H and O–H groups in total. The van der Waals surface area contributed by atoms with Gasteiger partial charge in [0.2, 0.25) is 0 Å². The molecule has 0 saturated heterocycles. The Morgan fingerprint density at radius 1 is 1.41 bits per heavy atom. The van der Waals surface area contributed by atoms with Gasteiger partial charge in [0.25, 0.3) is 5.91 Å². The molecule has 6 nitrogen and oxygen atoms in total. The minimum atomic E-state index is -1.02. The van der Waals surface area contributed by atoms with Crippen LogP contribution in [0.5, 0.6) is 5.75 Å². The van der Waals surface area contributed by atoms with Gasteiger partial charge in [-0.15, -0.1) is 0 Å². The maximum Gasteiger partial charge on any atom is 0.323 e. The number of methoxy groups -OCH3 is 1. The van der Waals surface area contributed by atoms with E-state index in [1.165, 1.54) is 12.0 Å². The van der Waals surface area contributed by atoms with Gasteiger partial charge in [-0.3, -0.25) is 9.59 Å². The molecule has 116 valence electrons. The van der Waals surface area contributed by atoms with E-state index < -0.39 is 5.97 Å². The number of carbonyl (C=O) groups excluding carboxylic acids is 1. The lowest BCUT2D eigenvalue weighted by atomic mass is 10.1. The van der Waals surface area contributed by atoms with E-state index in [1.807, 2.05) is 12.1 Å². The van der Waals surface area contributed by atoms with Gasteiger partial charge in [0, 0.05) is 17.0 Å². The highest BCUT2D eigenvalue weighted by Crippen LogP contribution is 2.34. The summed E-state index contributed by atoms with van der Waals surface area (Å²) >= 11 is 0. The molecule has 1 saturated carbocycles. The number of carboxylic acids is 1. The van der Waals surface area contributed by atoms with Gasteiger partial charge in [0.15, 0.2) is 17.1 Å². The monoisotopic (exact) mass is 303 g/mol. The first-order valence-corrected chi connectivity index (χ1v) is 7.11. The van der Waals surface area contributed by atoms with Gasteiger partial charge < -0.3 is 19.2 Å². The lowest BCUT2D eigenvalue weighted by molar-refractivity contribution is -0.137. The summed E-state index contributed by atoms with van der Waals surface area (Å²) in [5.74, 6) is -0.657. The Bertz CT molecular complexity index is 744. The number of amides is 1. The van der Waals surface area contributed by atoms with Crippen LogP contribution in [0.15, 0.2) is 22.6 Å². The topological polar surface area (TPSA) is 80.0 Å². The number of hydrogen-bond donors (Lipinski definition) is 1. The van der Waals surface area contributed by atoms with Crippen LogP contribution in [0.3, 0.4) is 0 Å². The molecule has 0 radical (unpaired) electrons. The lowest BCUT2D eigenvalue weighted by Crippen LogP contribution is -2.37. The molecular formula is C16H17NO5. The van der Waals surface area contributed by atoms with E-state index in [1.54, 1.807) is 13.0 Å². The van der Waals surface area contributed by atoms with Crippen LogP contribution in [-0.2, 0) is 4.79 Å². The molecule has 1 amide bonds. The number of nitrogens with zero attached hydrogens (tertiary/aromatic N) is 1.